The molecular formula is C11H20BrNO. The van der Waals surface area contributed by atoms with Crippen molar-refractivity contribution >= 4 is 15.9 Å². The van der Waals surface area contributed by atoms with E-state index in [9.17, 15) is 0 Å². The highest BCUT2D eigenvalue weighted by molar-refractivity contribution is 9.09. The van der Waals surface area contributed by atoms with E-state index in [1.165, 1.54) is 31.1 Å². The standard InChI is InChI=1S/C11H20BrNO/c1-10-7-14-6-5-13(10)9-11(8-12)3-2-4-11/h10H,2-9H2,1H3. The predicted molar refractivity (Wildman–Crippen MR) is 61.9 cm³/mol. The second-order valence-corrected chi connectivity index (χ2v) is 5.44. The van der Waals surface area contributed by atoms with Crippen LogP contribution in [0, 0.1) is 5.41 Å². The fraction of sp³-hybridized carbons (Fsp3) is 1.00. The van der Waals surface area contributed by atoms with Gasteiger partial charge in [0.2, 0.25) is 0 Å². The van der Waals surface area contributed by atoms with Gasteiger partial charge in [0.25, 0.3) is 0 Å². The maximum absolute atomic E-state index is 5.46. The van der Waals surface area contributed by atoms with Gasteiger partial charge in [0.15, 0.2) is 0 Å². The van der Waals surface area contributed by atoms with Crippen LogP contribution in [0.3, 0.4) is 0 Å². The second-order valence-electron chi connectivity index (χ2n) is 4.88. The Kier molecular flexibility index (Phi) is 3.50. The number of hydrogen-bond acceptors (Lipinski definition) is 2. The van der Waals surface area contributed by atoms with Crippen molar-refractivity contribution in [2.45, 2.75) is 32.2 Å². The third-order valence-electron chi connectivity index (χ3n) is 3.74. The average molecular weight is 262 g/mol. The van der Waals surface area contributed by atoms with Gasteiger partial charge >= 0.3 is 0 Å². The summed E-state index contributed by atoms with van der Waals surface area (Å²) < 4.78 is 5.46. The smallest absolute Gasteiger partial charge is 0.0619 e. The summed E-state index contributed by atoms with van der Waals surface area (Å²) in [4.78, 5) is 2.60. The van der Waals surface area contributed by atoms with Crippen molar-refractivity contribution in [1.82, 2.24) is 4.90 Å². The normalized spacial score (nSPS) is 32.6. The van der Waals surface area contributed by atoms with Gasteiger partial charge in [-0.2, -0.15) is 0 Å². The van der Waals surface area contributed by atoms with Crippen molar-refractivity contribution in [3.63, 3.8) is 0 Å². The average Bonchev–Trinajstić information content (AvgIpc) is 2.14. The van der Waals surface area contributed by atoms with Crippen molar-refractivity contribution in [1.29, 1.82) is 0 Å². The Bertz CT molecular complexity index is 188. The molecule has 0 aromatic carbocycles. The fourth-order valence-corrected chi connectivity index (χ4v) is 3.18. The van der Waals surface area contributed by atoms with Gasteiger partial charge < -0.3 is 4.74 Å². The van der Waals surface area contributed by atoms with Crippen molar-refractivity contribution in [3.8, 4) is 0 Å². The number of alkyl halides is 1. The lowest BCUT2D eigenvalue weighted by atomic mass is 9.70. The molecule has 1 aliphatic heterocycles. The van der Waals surface area contributed by atoms with Gasteiger partial charge in [0.05, 0.1) is 13.2 Å². The second kappa shape index (κ2) is 4.50. The summed E-state index contributed by atoms with van der Waals surface area (Å²) in [6, 6.07) is 0.611. The molecular weight excluding hydrogens is 242 g/mol. The first kappa shape index (κ1) is 10.9. The largest absolute Gasteiger partial charge is 0.379 e. The number of morpholine rings is 1. The van der Waals surface area contributed by atoms with Gasteiger partial charge in [-0.15, -0.1) is 0 Å². The van der Waals surface area contributed by atoms with Gasteiger partial charge in [0, 0.05) is 24.5 Å². The summed E-state index contributed by atoms with van der Waals surface area (Å²) in [5.74, 6) is 0. The lowest BCUT2D eigenvalue weighted by molar-refractivity contribution is -0.0302. The van der Waals surface area contributed by atoms with Gasteiger partial charge in [-0.1, -0.05) is 22.4 Å². The highest BCUT2D eigenvalue weighted by Gasteiger charge is 2.38. The van der Waals surface area contributed by atoms with Crippen LogP contribution < -0.4 is 0 Å². The maximum Gasteiger partial charge on any atom is 0.0619 e. The van der Waals surface area contributed by atoms with E-state index in [-0.39, 0.29) is 0 Å². The third kappa shape index (κ3) is 2.15. The molecule has 2 aliphatic rings. The van der Waals surface area contributed by atoms with E-state index in [0.29, 0.717) is 11.5 Å². The van der Waals surface area contributed by atoms with Crippen LogP contribution in [0.1, 0.15) is 26.2 Å². The molecule has 0 aromatic rings. The van der Waals surface area contributed by atoms with Crippen LogP contribution in [0.4, 0.5) is 0 Å². The number of hydrogen-bond donors (Lipinski definition) is 0. The van der Waals surface area contributed by atoms with E-state index in [4.69, 9.17) is 4.74 Å². The molecule has 3 heteroatoms. The Morgan fingerprint density at radius 3 is 2.79 bits per heavy atom. The molecule has 2 nitrogen and oxygen atoms in total. The summed E-state index contributed by atoms with van der Waals surface area (Å²) >= 11 is 3.67. The molecule has 0 spiro atoms. The van der Waals surface area contributed by atoms with Crippen molar-refractivity contribution in [2.75, 3.05) is 31.6 Å². The molecule has 0 amide bonds. The van der Waals surface area contributed by atoms with Crippen LogP contribution in [-0.4, -0.2) is 42.6 Å². The zero-order chi connectivity index (χ0) is 10.0. The number of ether oxygens (including phenoxy) is 1. The van der Waals surface area contributed by atoms with Crippen molar-refractivity contribution < 1.29 is 4.74 Å². The Balaban J connectivity index is 1.88. The lowest BCUT2D eigenvalue weighted by Crippen LogP contribution is -2.51. The van der Waals surface area contributed by atoms with Crippen LogP contribution in [0.5, 0.6) is 0 Å². The van der Waals surface area contributed by atoms with Crippen LogP contribution >= 0.6 is 15.9 Å². The van der Waals surface area contributed by atoms with Gasteiger partial charge in [-0.3, -0.25) is 4.90 Å². The van der Waals surface area contributed by atoms with Gasteiger partial charge in [-0.25, -0.2) is 0 Å². The first-order valence-corrected chi connectivity index (χ1v) is 6.76. The van der Waals surface area contributed by atoms with E-state index in [2.05, 4.69) is 27.8 Å². The SMILES string of the molecule is CC1COCCN1CC1(CBr)CCC1. The van der Waals surface area contributed by atoms with Gasteiger partial charge in [0.1, 0.15) is 0 Å². The predicted octanol–water partition coefficient (Wildman–Crippen LogP) is 2.27. The maximum atomic E-state index is 5.46. The molecule has 0 aromatic heterocycles. The molecule has 1 saturated carbocycles. The molecule has 1 saturated heterocycles. The summed E-state index contributed by atoms with van der Waals surface area (Å²) in [5.41, 5.74) is 0.589. The Morgan fingerprint density at radius 2 is 2.29 bits per heavy atom. The van der Waals surface area contributed by atoms with Gasteiger partial charge in [-0.05, 0) is 25.2 Å². The molecule has 0 N–H and O–H groups in total. The monoisotopic (exact) mass is 261 g/mol. The molecule has 1 heterocycles. The van der Waals surface area contributed by atoms with Crippen molar-refractivity contribution in [3.05, 3.63) is 0 Å². The lowest BCUT2D eigenvalue weighted by Gasteiger charge is -2.46. The molecule has 1 atom stereocenters. The topological polar surface area (TPSA) is 12.5 Å². The molecule has 82 valence electrons. The van der Waals surface area contributed by atoms with E-state index < -0.39 is 0 Å². The first-order valence-electron chi connectivity index (χ1n) is 5.64. The number of nitrogens with zero attached hydrogens (tertiary/aromatic N) is 1. The summed E-state index contributed by atoms with van der Waals surface area (Å²) in [7, 11) is 0. The minimum absolute atomic E-state index is 0.589. The van der Waals surface area contributed by atoms with E-state index >= 15 is 0 Å². The minimum Gasteiger partial charge on any atom is -0.379 e. The Hall–Kier alpha value is 0.400. The zero-order valence-corrected chi connectivity index (χ0v) is 10.6. The molecule has 0 radical (unpaired) electrons. The molecule has 1 aliphatic carbocycles. The zero-order valence-electron chi connectivity index (χ0n) is 8.97. The number of halogens is 1. The highest BCUT2D eigenvalue weighted by Crippen LogP contribution is 2.43. The molecule has 1 unspecified atom stereocenters. The summed E-state index contributed by atoms with van der Waals surface area (Å²) in [6.07, 6.45) is 4.23. The number of rotatable bonds is 3. The fourth-order valence-electron chi connectivity index (χ4n) is 2.44. The molecule has 0 bridgehead atoms. The molecule has 14 heavy (non-hydrogen) atoms. The molecule has 2 fully saturated rings. The minimum atomic E-state index is 0.589. The van der Waals surface area contributed by atoms with Crippen LogP contribution in [0.25, 0.3) is 0 Å². The summed E-state index contributed by atoms with van der Waals surface area (Å²) in [6.45, 7) is 6.50. The van der Waals surface area contributed by atoms with Crippen LogP contribution in [0.15, 0.2) is 0 Å². The highest BCUT2D eigenvalue weighted by atomic mass is 79.9. The first-order chi connectivity index (χ1) is 6.76. The van der Waals surface area contributed by atoms with Crippen molar-refractivity contribution in [2.24, 2.45) is 5.41 Å². The Labute approximate surface area is 95.1 Å². The van der Waals surface area contributed by atoms with E-state index in [0.717, 1.165) is 19.8 Å². The quantitative estimate of drug-likeness (QED) is 0.723. The molecule has 2 rings (SSSR count). The van der Waals surface area contributed by atoms with Crippen LogP contribution in [0.2, 0.25) is 0 Å². The van der Waals surface area contributed by atoms with E-state index in [1.807, 2.05) is 0 Å². The third-order valence-corrected chi connectivity index (χ3v) is 4.93. The Morgan fingerprint density at radius 1 is 1.50 bits per heavy atom. The van der Waals surface area contributed by atoms with E-state index in [1.54, 1.807) is 0 Å². The summed E-state index contributed by atoms with van der Waals surface area (Å²) in [5, 5.41) is 1.17. The van der Waals surface area contributed by atoms with Crippen LogP contribution in [-0.2, 0) is 4.74 Å².